The van der Waals surface area contributed by atoms with Crippen molar-refractivity contribution in [2.45, 2.75) is 32.2 Å². The van der Waals surface area contributed by atoms with Crippen molar-refractivity contribution in [3.8, 4) is 0 Å². The number of nitrogens with zero attached hydrogens (tertiary/aromatic N) is 1. The first-order chi connectivity index (χ1) is 14.6. The van der Waals surface area contributed by atoms with E-state index in [0.717, 1.165) is 35.2 Å². The number of amides is 2. The molecular formula is C26H26N2O2. The summed E-state index contributed by atoms with van der Waals surface area (Å²) in [5.74, 6) is -0.253. The quantitative estimate of drug-likeness (QED) is 0.694. The molecule has 2 amide bonds. The molecule has 30 heavy (non-hydrogen) atoms. The Morgan fingerprint density at radius 3 is 2.40 bits per heavy atom. The van der Waals surface area contributed by atoms with Crippen LogP contribution >= 0.6 is 0 Å². The number of carbonyl (C=O) groups excluding carboxylic acids is 2. The van der Waals surface area contributed by atoms with Gasteiger partial charge in [0, 0.05) is 12.2 Å². The van der Waals surface area contributed by atoms with Gasteiger partial charge in [0.25, 0.3) is 5.91 Å². The number of anilines is 1. The molecular weight excluding hydrogens is 372 g/mol. The molecule has 0 saturated carbocycles. The molecule has 1 aliphatic heterocycles. The van der Waals surface area contributed by atoms with Gasteiger partial charge in [0.15, 0.2) is 0 Å². The van der Waals surface area contributed by atoms with Gasteiger partial charge in [-0.25, -0.2) is 0 Å². The Kier molecular flexibility index (Phi) is 5.94. The first kappa shape index (κ1) is 19.9. The summed E-state index contributed by atoms with van der Waals surface area (Å²) in [6.07, 6.45) is 2.13. The minimum atomic E-state index is -0.713. The van der Waals surface area contributed by atoms with E-state index >= 15 is 0 Å². The summed E-state index contributed by atoms with van der Waals surface area (Å²) in [5, 5.41) is 2.99. The first-order valence-electron chi connectivity index (χ1n) is 10.4. The minimum absolute atomic E-state index is 0.0920. The van der Waals surface area contributed by atoms with Crippen LogP contribution in [-0.2, 0) is 22.4 Å². The second-order valence-corrected chi connectivity index (χ2v) is 7.80. The van der Waals surface area contributed by atoms with Crippen LogP contribution < -0.4 is 10.2 Å². The van der Waals surface area contributed by atoms with E-state index in [1.165, 1.54) is 5.56 Å². The van der Waals surface area contributed by atoms with Crippen molar-refractivity contribution in [3.63, 3.8) is 0 Å². The fourth-order valence-corrected chi connectivity index (χ4v) is 3.95. The highest BCUT2D eigenvalue weighted by Crippen LogP contribution is 2.29. The Bertz CT molecular complexity index is 1030. The highest BCUT2D eigenvalue weighted by Gasteiger charge is 2.30. The van der Waals surface area contributed by atoms with Crippen molar-refractivity contribution in [3.05, 3.63) is 101 Å². The lowest BCUT2D eigenvalue weighted by Gasteiger charge is -2.32. The Balaban J connectivity index is 1.58. The van der Waals surface area contributed by atoms with Crippen LogP contribution in [0.2, 0.25) is 0 Å². The Morgan fingerprint density at radius 2 is 1.63 bits per heavy atom. The van der Waals surface area contributed by atoms with Gasteiger partial charge in [-0.3, -0.25) is 9.59 Å². The zero-order valence-electron chi connectivity index (χ0n) is 17.2. The molecule has 3 aromatic carbocycles. The normalized spacial score (nSPS) is 14.0. The van der Waals surface area contributed by atoms with E-state index in [1.54, 1.807) is 0 Å². The monoisotopic (exact) mass is 398 g/mol. The van der Waals surface area contributed by atoms with Crippen molar-refractivity contribution in [2.24, 2.45) is 0 Å². The van der Waals surface area contributed by atoms with Crippen LogP contribution in [-0.4, -0.2) is 18.4 Å². The number of aryl methyl sites for hydroxylation is 2. The minimum Gasteiger partial charge on any atom is -0.340 e. The summed E-state index contributed by atoms with van der Waals surface area (Å²) in [6, 6.07) is 24.7. The van der Waals surface area contributed by atoms with Gasteiger partial charge in [-0.1, -0.05) is 78.4 Å². The van der Waals surface area contributed by atoms with Crippen molar-refractivity contribution in [1.29, 1.82) is 0 Å². The number of carbonyl (C=O) groups is 2. The first-order valence-corrected chi connectivity index (χ1v) is 10.4. The Labute approximate surface area is 177 Å². The molecule has 152 valence electrons. The highest BCUT2D eigenvalue weighted by atomic mass is 16.2. The number of para-hydroxylation sites is 1. The number of hydrogen-bond acceptors (Lipinski definition) is 2. The third kappa shape index (κ3) is 4.43. The predicted octanol–water partition coefficient (Wildman–Crippen LogP) is 4.37. The van der Waals surface area contributed by atoms with Crippen LogP contribution in [0.3, 0.4) is 0 Å². The van der Waals surface area contributed by atoms with Crippen molar-refractivity contribution in [2.75, 3.05) is 11.4 Å². The number of nitrogens with one attached hydrogen (secondary N) is 1. The van der Waals surface area contributed by atoms with E-state index in [-0.39, 0.29) is 18.2 Å². The molecule has 1 atom stereocenters. The van der Waals surface area contributed by atoms with Gasteiger partial charge in [0.2, 0.25) is 5.91 Å². The largest absolute Gasteiger partial charge is 0.340 e. The lowest BCUT2D eigenvalue weighted by molar-refractivity contribution is -0.127. The molecule has 1 heterocycles. The van der Waals surface area contributed by atoms with Crippen LogP contribution in [0.4, 0.5) is 5.69 Å². The van der Waals surface area contributed by atoms with Gasteiger partial charge >= 0.3 is 0 Å². The molecule has 0 unspecified atom stereocenters. The summed E-state index contributed by atoms with van der Waals surface area (Å²) in [4.78, 5) is 28.3. The van der Waals surface area contributed by atoms with E-state index < -0.39 is 6.04 Å². The van der Waals surface area contributed by atoms with E-state index in [9.17, 15) is 9.59 Å². The fraction of sp³-hybridized carbons (Fsp3) is 0.231. The predicted molar refractivity (Wildman–Crippen MR) is 119 cm³/mol. The number of hydrogen-bond donors (Lipinski definition) is 1. The average Bonchev–Trinajstić information content (AvgIpc) is 2.79. The molecule has 0 aliphatic carbocycles. The summed E-state index contributed by atoms with van der Waals surface area (Å²) in [5.41, 5.74) is 5.00. The van der Waals surface area contributed by atoms with Gasteiger partial charge in [0.05, 0.1) is 6.42 Å². The van der Waals surface area contributed by atoms with E-state index in [4.69, 9.17) is 0 Å². The van der Waals surface area contributed by atoms with Gasteiger partial charge in [0.1, 0.15) is 6.04 Å². The molecule has 0 fully saturated rings. The third-order valence-electron chi connectivity index (χ3n) is 5.55. The van der Waals surface area contributed by atoms with Crippen molar-refractivity contribution < 1.29 is 9.59 Å². The molecule has 0 bridgehead atoms. The maximum Gasteiger partial charge on any atom is 0.254 e. The molecule has 0 radical (unpaired) electrons. The summed E-state index contributed by atoms with van der Waals surface area (Å²) in [7, 11) is 0. The molecule has 1 aliphatic rings. The van der Waals surface area contributed by atoms with Gasteiger partial charge < -0.3 is 10.2 Å². The zero-order valence-corrected chi connectivity index (χ0v) is 17.2. The van der Waals surface area contributed by atoms with E-state index in [1.807, 2.05) is 84.6 Å². The number of fused-ring (bicyclic) bond motifs is 1. The second kappa shape index (κ2) is 8.95. The number of benzene rings is 3. The van der Waals surface area contributed by atoms with E-state index in [2.05, 4.69) is 11.4 Å². The standard InChI is InChI=1S/C26H26N2O2/c1-19-13-15-20(16-14-19)18-24(29)27-25(22-9-3-2-4-10-22)26(30)28-17-7-11-21-8-5-6-12-23(21)28/h2-6,8-10,12-16,25H,7,11,17-18H2,1H3,(H,27,29)/t25-/m0/s1. The molecule has 0 spiro atoms. The van der Waals surface area contributed by atoms with Crippen molar-refractivity contribution in [1.82, 2.24) is 5.32 Å². The molecule has 3 aromatic rings. The van der Waals surface area contributed by atoms with E-state index in [0.29, 0.717) is 6.54 Å². The van der Waals surface area contributed by atoms with Crippen LogP contribution in [0.5, 0.6) is 0 Å². The maximum absolute atomic E-state index is 13.6. The SMILES string of the molecule is Cc1ccc(CC(=O)N[C@H](C(=O)N2CCCc3ccccc32)c2ccccc2)cc1. The topological polar surface area (TPSA) is 49.4 Å². The zero-order chi connectivity index (χ0) is 20.9. The number of rotatable bonds is 5. The highest BCUT2D eigenvalue weighted by molar-refractivity contribution is 6.00. The van der Waals surface area contributed by atoms with Gasteiger partial charge in [-0.2, -0.15) is 0 Å². The van der Waals surface area contributed by atoms with Gasteiger partial charge in [-0.05, 0) is 42.5 Å². The molecule has 0 saturated heterocycles. The maximum atomic E-state index is 13.6. The molecule has 4 rings (SSSR count). The lowest BCUT2D eigenvalue weighted by Crippen LogP contribution is -2.45. The molecule has 4 heteroatoms. The molecule has 1 N–H and O–H groups in total. The van der Waals surface area contributed by atoms with Crippen LogP contribution in [0, 0.1) is 6.92 Å². The Hall–Kier alpha value is -3.40. The van der Waals surface area contributed by atoms with Gasteiger partial charge in [-0.15, -0.1) is 0 Å². The lowest BCUT2D eigenvalue weighted by atomic mass is 9.99. The molecule has 0 aromatic heterocycles. The smallest absolute Gasteiger partial charge is 0.254 e. The Morgan fingerprint density at radius 1 is 0.933 bits per heavy atom. The van der Waals surface area contributed by atoms with Crippen LogP contribution in [0.25, 0.3) is 0 Å². The third-order valence-corrected chi connectivity index (χ3v) is 5.55. The molecule has 4 nitrogen and oxygen atoms in total. The van der Waals surface area contributed by atoms with Crippen LogP contribution in [0.15, 0.2) is 78.9 Å². The summed E-state index contributed by atoms with van der Waals surface area (Å²) >= 11 is 0. The average molecular weight is 399 g/mol. The van der Waals surface area contributed by atoms with Crippen LogP contribution in [0.1, 0.15) is 34.7 Å². The second-order valence-electron chi connectivity index (χ2n) is 7.80. The summed E-state index contributed by atoms with van der Waals surface area (Å²) in [6.45, 7) is 2.68. The summed E-state index contributed by atoms with van der Waals surface area (Å²) < 4.78 is 0. The van der Waals surface area contributed by atoms with Crippen molar-refractivity contribution >= 4 is 17.5 Å². The fourth-order valence-electron chi connectivity index (χ4n) is 3.95.